The van der Waals surface area contributed by atoms with Gasteiger partial charge in [-0.25, -0.2) is 0 Å². The standard InChI is InChI=1S/C13H14ClNO2/c1-9-3-2-4-12(13(9)14)15-7-10-5-6-11(8-16)17-10/h2-6,15-16H,7-8H2,1H3. The summed E-state index contributed by atoms with van der Waals surface area (Å²) in [7, 11) is 0. The van der Waals surface area contributed by atoms with E-state index in [0.717, 1.165) is 22.0 Å². The molecule has 0 radical (unpaired) electrons. The second-order valence-electron chi connectivity index (χ2n) is 3.82. The summed E-state index contributed by atoms with van der Waals surface area (Å²) in [5.74, 6) is 1.34. The molecule has 0 atom stereocenters. The van der Waals surface area contributed by atoms with E-state index in [1.807, 2.05) is 31.2 Å². The molecule has 0 aliphatic carbocycles. The summed E-state index contributed by atoms with van der Waals surface area (Å²) < 4.78 is 5.37. The van der Waals surface area contributed by atoms with Crippen LogP contribution < -0.4 is 5.32 Å². The maximum absolute atomic E-state index is 8.88. The summed E-state index contributed by atoms with van der Waals surface area (Å²) in [6.45, 7) is 2.43. The minimum Gasteiger partial charge on any atom is -0.462 e. The van der Waals surface area contributed by atoms with Gasteiger partial charge in [0.15, 0.2) is 0 Å². The highest BCUT2D eigenvalue weighted by Crippen LogP contribution is 2.25. The fourth-order valence-electron chi connectivity index (χ4n) is 1.57. The number of aryl methyl sites for hydroxylation is 1. The molecule has 0 aliphatic rings. The fraction of sp³-hybridized carbons (Fsp3) is 0.231. The lowest BCUT2D eigenvalue weighted by Gasteiger charge is -2.08. The number of furan rings is 1. The van der Waals surface area contributed by atoms with Crippen LogP contribution in [0.25, 0.3) is 0 Å². The van der Waals surface area contributed by atoms with Crippen molar-refractivity contribution in [2.75, 3.05) is 5.32 Å². The first-order valence-electron chi connectivity index (χ1n) is 5.38. The average molecular weight is 252 g/mol. The van der Waals surface area contributed by atoms with E-state index in [-0.39, 0.29) is 6.61 Å². The maximum atomic E-state index is 8.88. The van der Waals surface area contributed by atoms with Crippen LogP contribution in [-0.4, -0.2) is 5.11 Å². The van der Waals surface area contributed by atoms with Crippen molar-refractivity contribution in [3.05, 3.63) is 52.4 Å². The van der Waals surface area contributed by atoms with Crippen molar-refractivity contribution in [2.24, 2.45) is 0 Å². The predicted molar refractivity (Wildman–Crippen MR) is 68.1 cm³/mol. The third-order valence-electron chi connectivity index (χ3n) is 2.52. The summed E-state index contributed by atoms with van der Waals surface area (Å²) in [6.07, 6.45) is 0. The molecule has 0 saturated carbocycles. The Labute approximate surface area is 105 Å². The van der Waals surface area contributed by atoms with Crippen molar-refractivity contribution >= 4 is 17.3 Å². The van der Waals surface area contributed by atoms with Crippen LogP contribution in [0.2, 0.25) is 5.02 Å². The van der Waals surface area contributed by atoms with Gasteiger partial charge in [-0.2, -0.15) is 0 Å². The second-order valence-corrected chi connectivity index (χ2v) is 4.19. The van der Waals surface area contributed by atoms with Crippen molar-refractivity contribution in [1.29, 1.82) is 0 Å². The summed E-state index contributed by atoms with van der Waals surface area (Å²) in [5.41, 5.74) is 1.92. The van der Waals surface area contributed by atoms with Crippen LogP contribution in [0.5, 0.6) is 0 Å². The number of aliphatic hydroxyl groups excluding tert-OH is 1. The zero-order valence-electron chi connectivity index (χ0n) is 9.53. The van der Waals surface area contributed by atoms with Gasteiger partial charge in [-0.05, 0) is 30.7 Å². The highest BCUT2D eigenvalue weighted by atomic mass is 35.5. The Morgan fingerprint density at radius 3 is 2.71 bits per heavy atom. The molecule has 3 nitrogen and oxygen atoms in total. The van der Waals surface area contributed by atoms with Crippen LogP contribution >= 0.6 is 11.6 Å². The SMILES string of the molecule is Cc1cccc(NCc2ccc(CO)o2)c1Cl. The van der Waals surface area contributed by atoms with Crippen LogP contribution in [0.3, 0.4) is 0 Å². The van der Waals surface area contributed by atoms with E-state index in [1.165, 1.54) is 0 Å². The monoisotopic (exact) mass is 251 g/mol. The zero-order chi connectivity index (χ0) is 12.3. The van der Waals surface area contributed by atoms with Gasteiger partial charge in [0.2, 0.25) is 0 Å². The van der Waals surface area contributed by atoms with Crippen LogP contribution in [0.1, 0.15) is 17.1 Å². The molecule has 0 unspecified atom stereocenters. The molecule has 0 amide bonds. The van der Waals surface area contributed by atoms with Gasteiger partial charge in [0.05, 0.1) is 17.3 Å². The minimum atomic E-state index is -0.0782. The van der Waals surface area contributed by atoms with Crippen molar-refractivity contribution in [2.45, 2.75) is 20.1 Å². The van der Waals surface area contributed by atoms with Crippen molar-refractivity contribution in [3.8, 4) is 0 Å². The molecule has 0 fully saturated rings. The summed E-state index contributed by atoms with van der Waals surface area (Å²) >= 11 is 6.16. The molecule has 0 bridgehead atoms. The number of aliphatic hydroxyl groups is 1. The van der Waals surface area contributed by atoms with Crippen LogP contribution in [-0.2, 0) is 13.2 Å². The first kappa shape index (κ1) is 12.0. The van der Waals surface area contributed by atoms with Crippen molar-refractivity contribution < 1.29 is 9.52 Å². The lowest BCUT2D eigenvalue weighted by Crippen LogP contribution is -1.99. The molecule has 2 aromatic rings. The van der Waals surface area contributed by atoms with E-state index in [2.05, 4.69) is 5.32 Å². The number of anilines is 1. The molecular formula is C13H14ClNO2. The van der Waals surface area contributed by atoms with Crippen molar-refractivity contribution in [1.82, 2.24) is 0 Å². The molecule has 0 saturated heterocycles. The molecule has 1 heterocycles. The first-order valence-corrected chi connectivity index (χ1v) is 5.76. The lowest BCUT2D eigenvalue weighted by atomic mass is 10.2. The lowest BCUT2D eigenvalue weighted by molar-refractivity contribution is 0.244. The topological polar surface area (TPSA) is 45.4 Å². The van der Waals surface area contributed by atoms with Gasteiger partial charge in [0.1, 0.15) is 18.1 Å². The van der Waals surface area contributed by atoms with E-state index in [1.54, 1.807) is 6.07 Å². The van der Waals surface area contributed by atoms with E-state index in [4.69, 9.17) is 21.1 Å². The smallest absolute Gasteiger partial charge is 0.129 e. The largest absolute Gasteiger partial charge is 0.462 e. The Morgan fingerprint density at radius 2 is 2.00 bits per heavy atom. The molecule has 0 aliphatic heterocycles. The van der Waals surface area contributed by atoms with Crippen molar-refractivity contribution in [3.63, 3.8) is 0 Å². The van der Waals surface area contributed by atoms with Gasteiger partial charge < -0.3 is 14.8 Å². The Kier molecular flexibility index (Phi) is 3.71. The molecule has 17 heavy (non-hydrogen) atoms. The third-order valence-corrected chi connectivity index (χ3v) is 3.02. The number of nitrogens with one attached hydrogen (secondary N) is 1. The fourth-order valence-corrected chi connectivity index (χ4v) is 1.76. The molecule has 1 aromatic carbocycles. The van der Waals surface area contributed by atoms with Gasteiger partial charge in [0.25, 0.3) is 0 Å². The van der Waals surface area contributed by atoms with Crippen LogP contribution in [0.4, 0.5) is 5.69 Å². The molecule has 0 spiro atoms. The zero-order valence-corrected chi connectivity index (χ0v) is 10.3. The number of benzene rings is 1. The number of hydrogen-bond acceptors (Lipinski definition) is 3. The number of hydrogen-bond donors (Lipinski definition) is 2. The predicted octanol–water partition coefficient (Wildman–Crippen LogP) is 3.35. The van der Waals surface area contributed by atoms with E-state index in [0.29, 0.717) is 12.3 Å². The van der Waals surface area contributed by atoms with Crippen LogP contribution in [0, 0.1) is 6.92 Å². The van der Waals surface area contributed by atoms with Gasteiger partial charge in [-0.3, -0.25) is 0 Å². The Balaban J connectivity index is 2.04. The molecular weight excluding hydrogens is 238 g/mol. The molecule has 4 heteroatoms. The molecule has 2 rings (SSSR count). The first-order chi connectivity index (χ1) is 8.20. The number of rotatable bonds is 4. The Morgan fingerprint density at radius 1 is 1.24 bits per heavy atom. The summed E-state index contributed by atoms with van der Waals surface area (Å²) in [4.78, 5) is 0. The summed E-state index contributed by atoms with van der Waals surface area (Å²) in [6, 6.07) is 9.43. The highest BCUT2D eigenvalue weighted by Gasteiger charge is 2.04. The Bertz CT molecular complexity index is 508. The average Bonchev–Trinajstić information content (AvgIpc) is 2.79. The maximum Gasteiger partial charge on any atom is 0.129 e. The van der Waals surface area contributed by atoms with Gasteiger partial charge >= 0.3 is 0 Å². The normalized spacial score (nSPS) is 10.5. The Hall–Kier alpha value is -1.45. The van der Waals surface area contributed by atoms with Gasteiger partial charge in [0, 0.05) is 0 Å². The van der Waals surface area contributed by atoms with E-state index < -0.39 is 0 Å². The molecule has 1 aromatic heterocycles. The highest BCUT2D eigenvalue weighted by molar-refractivity contribution is 6.33. The van der Waals surface area contributed by atoms with E-state index in [9.17, 15) is 0 Å². The minimum absolute atomic E-state index is 0.0782. The summed E-state index contributed by atoms with van der Waals surface area (Å²) in [5, 5.41) is 12.8. The van der Waals surface area contributed by atoms with Crippen LogP contribution in [0.15, 0.2) is 34.7 Å². The molecule has 2 N–H and O–H groups in total. The van der Waals surface area contributed by atoms with E-state index >= 15 is 0 Å². The quantitative estimate of drug-likeness (QED) is 0.876. The van der Waals surface area contributed by atoms with Gasteiger partial charge in [-0.15, -0.1) is 0 Å². The number of halogens is 1. The second kappa shape index (κ2) is 5.25. The van der Waals surface area contributed by atoms with Gasteiger partial charge in [-0.1, -0.05) is 23.7 Å². The third kappa shape index (κ3) is 2.81. The molecule has 90 valence electrons.